The van der Waals surface area contributed by atoms with Gasteiger partial charge in [0.15, 0.2) is 5.69 Å². The zero-order valence-electron chi connectivity index (χ0n) is 10.6. The number of anilines is 1. The second kappa shape index (κ2) is 4.68. The largest absolute Gasteiger partial charge is 0.433 e. The highest BCUT2D eigenvalue weighted by atomic mass is 19.4. The number of hydrogen-bond acceptors (Lipinski definition) is 6. The molecule has 8 nitrogen and oxygen atoms in total. The van der Waals surface area contributed by atoms with Gasteiger partial charge in [0.05, 0.1) is 6.04 Å². The number of rotatable bonds is 3. The van der Waals surface area contributed by atoms with Crippen molar-refractivity contribution in [1.29, 1.82) is 0 Å². The van der Waals surface area contributed by atoms with Crippen LogP contribution in [-0.4, -0.2) is 34.8 Å². The molecular weight excluding hydrogens is 289 g/mol. The highest BCUT2D eigenvalue weighted by molar-refractivity contribution is 5.46. The van der Waals surface area contributed by atoms with Crippen LogP contribution in [0.4, 0.5) is 19.0 Å². The molecule has 0 fully saturated rings. The van der Waals surface area contributed by atoms with Gasteiger partial charge in [-0.3, -0.25) is 5.10 Å². The number of hydrogen-bond donors (Lipinski definition) is 2. The number of fused-ring (bicyclic) bond motifs is 1. The summed E-state index contributed by atoms with van der Waals surface area (Å²) in [7, 11) is 0. The Balaban J connectivity index is 2.02. The van der Waals surface area contributed by atoms with E-state index in [-0.39, 0.29) is 11.6 Å². The van der Waals surface area contributed by atoms with Crippen LogP contribution >= 0.6 is 0 Å². The molecule has 0 saturated heterocycles. The molecule has 0 aliphatic carbocycles. The van der Waals surface area contributed by atoms with Crippen molar-refractivity contribution >= 4 is 11.6 Å². The van der Waals surface area contributed by atoms with E-state index in [0.29, 0.717) is 5.82 Å². The van der Waals surface area contributed by atoms with Crippen LogP contribution in [0, 0.1) is 0 Å². The number of nitrogens with zero attached hydrogens (tertiary/aromatic N) is 6. The molecule has 0 amide bonds. The number of aromatic nitrogens is 7. The third-order valence-corrected chi connectivity index (χ3v) is 2.75. The smallest absolute Gasteiger partial charge is 0.360 e. The zero-order valence-corrected chi connectivity index (χ0v) is 10.6. The highest BCUT2D eigenvalue weighted by Crippen LogP contribution is 2.30. The zero-order chi connectivity index (χ0) is 15.0. The van der Waals surface area contributed by atoms with Crippen LogP contribution in [0.2, 0.25) is 0 Å². The van der Waals surface area contributed by atoms with Gasteiger partial charge in [0.25, 0.3) is 5.78 Å². The van der Waals surface area contributed by atoms with Crippen molar-refractivity contribution in [3.05, 3.63) is 30.2 Å². The molecule has 110 valence electrons. The molecule has 2 N–H and O–H groups in total. The van der Waals surface area contributed by atoms with Gasteiger partial charge in [0.1, 0.15) is 24.3 Å². The minimum atomic E-state index is -4.57. The third-order valence-electron chi connectivity index (χ3n) is 2.75. The van der Waals surface area contributed by atoms with Crippen molar-refractivity contribution in [3.63, 3.8) is 0 Å². The Labute approximate surface area is 115 Å². The Bertz CT molecular complexity index is 747. The lowest BCUT2D eigenvalue weighted by molar-refractivity contribution is -0.141. The Morgan fingerprint density at radius 1 is 1.29 bits per heavy atom. The normalized spacial score (nSPS) is 13.5. The summed E-state index contributed by atoms with van der Waals surface area (Å²) in [5, 5.41) is 13.0. The molecule has 0 aliphatic heterocycles. The minimum Gasteiger partial charge on any atom is -0.360 e. The summed E-state index contributed by atoms with van der Waals surface area (Å²) in [4.78, 5) is 11.1. The van der Waals surface area contributed by atoms with Crippen molar-refractivity contribution in [3.8, 4) is 0 Å². The summed E-state index contributed by atoms with van der Waals surface area (Å²) in [5.41, 5.74) is -1.05. The van der Waals surface area contributed by atoms with E-state index in [1.807, 2.05) is 0 Å². The molecule has 3 aromatic rings. The summed E-state index contributed by atoms with van der Waals surface area (Å²) in [6.07, 6.45) is -2.13. The third kappa shape index (κ3) is 2.49. The van der Waals surface area contributed by atoms with Crippen LogP contribution in [0.1, 0.15) is 24.5 Å². The first-order valence-corrected chi connectivity index (χ1v) is 5.85. The van der Waals surface area contributed by atoms with Crippen molar-refractivity contribution < 1.29 is 13.2 Å². The van der Waals surface area contributed by atoms with E-state index < -0.39 is 17.9 Å². The summed E-state index contributed by atoms with van der Waals surface area (Å²) in [6, 6.07) is 0.470. The van der Waals surface area contributed by atoms with E-state index in [9.17, 15) is 13.2 Å². The van der Waals surface area contributed by atoms with Crippen molar-refractivity contribution in [2.75, 3.05) is 5.32 Å². The lowest BCUT2D eigenvalue weighted by atomic mass is 10.3. The van der Waals surface area contributed by atoms with Gasteiger partial charge in [-0.25, -0.2) is 9.97 Å². The van der Waals surface area contributed by atoms with Crippen molar-refractivity contribution in [2.24, 2.45) is 0 Å². The molecule has 1 atom stereocenters. The van der Waals surface area contributed by atoms with E-state index in [4.69, 9.17) is 0 Å². The summed E-state index contributed by atoms with van der Waals surface area (Å²) >= 11 is 0. The van der Waals surface area contributed by atoms with Gasteiger partial charge >= 0.3 is 6.18 Å². The fourth-order valence-corrected chi connectivity index (χ4v) is 1.77. The first-order valence-electron chi connectivity index (χ1n) is 5.85. The Morgan fingerprint density at radius 3 is 2.76 bits per heavy atom. The predicted molar refractivity (Wildman–Crippen MR) is 64.2 cm³/mol. The van der Waals surface area contributed by atoms with Gasteiger partial charge < -0.3 is 5.32 Å². The fraction of sp³-hybridized carbons (Fsp3) is 0.300. The van der Waals surface area contributed by atoms with Gasteiger partial charge in [-0.2, -0.15) is 32.9 Å². The lowest BCUT2D eigenvalue weighted by Gasteiger charge is -2.15. The molecule has 3 heterocycles. The first kappa shape index (κ1) is 13.3. The second-order valence-electron chi connectivity index (χ2n) is 4.23. The maximum Gasteiger partial charge on any atom is 0.433 e. The molecular formula is C10H9F3N8. The summed E-state index contributed by atoms with van der Waals surface area (Å²) in [5.74, 6) is 0.444. The van der Waals surface area contributed by atoms with E-state index in [0.717, 1.165) is 12.4 Å². The molecule has 3 rings (SSSR count). The quantitative estimate of drug-likeness (QED) is 0.759. The van der Waals surface area contributed by atoms with Crippen LogP contribution < -0.4 is 5.32 Å². The van der Waals surface area contributed by atoms with E-state index in [2.05, 4.69) is 35.6 Å². The van der Waals surface area contributed by atoms with Crippen LogP contribution in [-0.2, 0) is 6.18 Å². The topological polar surface area (TPSA) is 96.7 Å². The molecule has 0 aliphatic rings. The average Bonchev–Trinajstić information content (AvgIpc) is 3.08. The van der Waals surface area contributed by atoms with E-state index >= 15 is 0 Å². The number of alkyl halides is 3. The van der Waals surface area contributed by atoms with Gasteiger partial charge in [-0.05, 0) is 6.92 Å². The van der Waals surface area contributed by atoms with Crippen molar-refractivity contribution in [1.82, 2.24) is 34.8 Å². The van der Waals surface area contributed by atoms with Crippen LogP contribution in [0.5, 0.6) is 0 Å². The summed E-state index contributed by atoms with van der Waals surface area (Å²) in [6.45, 7) is 1.72. The Kier molecular flexibility index (Phi) is 2.96. The standard InChI is InChI=1S/C10H9F3N8/c1-5(8-14-3-16-20-8)18-7-2-6(10(11,12)13)19-9-15-4-17-21(7)9/h2-5,18H,1H3,(H,14,16,20). The Morgan fingerprint density at radius 2 is 2.10 bits per heavy atom. The molecule has 0 radical (unpaired) electrons. The molecule has 0 saturated carbocycles. The molecule has 0 bridgehead atoms. The maximum atomic E-state index is 12.8. The number of halogens is 3. The van der Waals surface area contributed by atoms with Gasteiger partial charge in [0.2, 0.25) is 0 Å². The van der Waals surface area contributed by atoms with Gasteiger partial charge in [0, 0.05) is 6.07 Å². The predicted octanol–water partition coefficient (Wildman–Crippen LogP) is 1.43. The van der Waals surface area contributed by atoms with Crippen LogP contribution in [0.25, 0.3) is 5.78 Å². The fourth-order valence-electron chi connectivity index (χ4n) is 1.77. The van der Waals surface area contributed by atoms with E-state index in [1.54, 1.807) is 6.92 Å². The van der Waals surface area contributed by atoms with Gasteiger partial charge in [-0.15, -0.1) is 0 Å². The number of aromatic amines is 1. The summed E-state index contributed by atoms with van der Waals surface area (Å²) < 4.78 is 39.7. The molecule has 0 spiro atoms. The molecule has 21 heavy (non-hydrogen) atoms. The minimum absolute atomic E-state index is 0.105. The average molecular weight is 298 g/mol. The second-order valence-corrected chi connectivity index (χ2v) is 4.23. The number of H-pyrrole nitrogens is 1. The molecule has 11 heteroatoms. The molecule has 3 aromatic heterocycles. The Hall–Kier alpha value is -2.72. The van der Waals surface area contributed by atoms with Crippen molar-refractivity contribution in [2.45, 2.75) is 19.1 Å². The van der Waals surface area contributed by atoms with Gasteiger partial charge in [-0.1, -0.05) is 0 Å². The lowest BCUT2D eigenvalue weighted by Crippen LogP contribution is -2.16. The first-order chi connectivity index (χ1) is 9.95. The molecule has 1 unspecified atom stereocenters. The molecule has 0 aromatic carbocycles. The maximum absolute atomic E-state index is 12.8. The monoisotopic (exact) mass is 298 g/mol. The van der Waals surface area contributed by atoms with Crippen LogP contribution in [0.15, 0.2) is 18.7 Å². The SMILES string of the molecule is CC(Nc1cc(C(F)(F)F)nc2ncnn12)c1ncn[nH]1. The van der Waals surface area contributed by atoms with Crippen LogP contribution in [0.3, 0.4) is 0 Å². The van der Waals surface area contributed by atoms with E-state index in [1.165, 1.54) is 10.8 Å². The highest BCUT2D eigenvalue weighted by Gasteiger charge is 2.34. The number of nitrogens with one attached hydrogen (secondary N) is 2.